The van der Waals surface area contributed by atoms with Crippen LogP contribution in [0.5, 0.6) is 0 Å². The van der Waals surface area contributed by atoms with E-state index in [-0.39, 0.29) is 5.82 Å². The van der Waals surface area contributed by atoms with Crippen LogP contribution in [0.15, 0.2) is 33.7 Å². The molecule has 0 bridgehead atoms. The first-order valence-electron chi connectivity index (χ1n) is 5.13. The zero-order valence-electron chi connectivity index (χ0n) is 9.31. The molecule has 0 radical (unpaired) electrons. The molecule has 1 aromatic carbocycles. The molecule has 0 saturated carbocycles. The van der Waals surface area contributed by atoms with Crippen LogP contribution in [0, 0.1) is 5.82 Å². The van der Waals surface area contributed by atoms with Crippen molar-refractivity contribution in [2.75, 3.05) is 7.05 Å². The standard InChI is InChI=1S/C11H12FN3OS/c1-13-6-11-14-10(15-16-11)7-17-9-5-3-2-4-8(9)12/h2-5,13H,6-7H2,1H3. The minimum Gasteiger partial charge on any atom is -0.338 e. The normalized spacial score (nSPS) is 10.7. The maximum atomic E-state index is 13.3. The molecule has 4 nitrogen and oxygen atoms in total. The predicted molar refractivity (Wildman–Crippen MR) is 63.0 cm³/mol. The zero-order valence-corrected chi connectivity index (χ0v) is 10.1. The van der Waals surface area contributed by atoms with Crippen molar-refractivity contribution in [3.8, 4) is 0 Å². The molecule has 0 saturated heterocycles. The quantitative estimate of drug-likeness (QED) is 0.828. The smallest absolute Gasteiger partial charge is 0.240 e. The Balaban J connectivity index is 1.95. The van der Waals surface area contributed by atoms with Crippen molar-refractivity contribution in [2.45, 2.75) is 17.2 Å². The average molecular weight is 253 g/mol. The van der Waals surface area contributed by atoms with E-state index in [0.717, 1.165) is 0 Å². The lowest BCUT2D eigenvalue weighted by atomic mass is 10.3. The van der Waals surface area contributed by atoms with Gasteiger partial charge in [0.15, 0.2) is 5.82 Å². The summed E-state index contributed by atoms with van der Waals surface area (Å²) in [6.07, 6.45) is 0. The van der Waals surface area contributed by atoms with Crippen LogP contribution in [0.25, 0.3) is 0 Å². The Hall–Kier alpha value is -1.40. The molecule has 1 heterocycles. The molecule has 1 aromatic heterocycles. The van der Waals surface area contributed by atoms with Crippen molar-refractivity contribution in [1.29, 1.82) is 0 Å². The van der Waals surface area contributed by atoms with E-state index in [9.17, 15) is 4.39 Å². The Morgan fingerprint density at radius 3 is 3.00 bits per heavy atom. The third-order valence-corrected chi connectivity index (χ3v) is 3.08. The highest BCUT2D eigenvalue weighted by atomic mass is 32.2. The number of thioether (sulfide) groups is 1. The monoisotopic (exact) mass is 253 g/mol. The van der Waals surface area contributed by atoms with Gasteiger partial charge in [-0.05, 0) is 19.2 Å². The maximum absolute atomic E-state index is 13.3. The third-order valence-electron chi connectivity index (χ3n) is 2.03. The summed E-state index contributed by atoms with van der Waals surface area (Å²) in [7, 11) is 1.80. The largest absolute Gasteiger partial charge is 0.338 e. The molecule has 17 heavy (non-hydrogen) atoms. The molecule has 90 valence electrons. The molecule has 2 rings (SSSR count). The van der Waals surface area contributed by atoms with Crippen LogP contribution in [0.4, 0.5) is 4.39 Å². The fourth-order valence-electron chi connectivity index (χ4n) is 1.28. The molecule has 2 aromatic rings. The van der Waals surface area contributed by atoms with Crippen LogP contribution in [0.2, 0.25) is 0 Å². The van der Waals surface area contributed by atoms with Gasteiger partial charge < -0.3 is 9.84 Å². The summed E-state index contributed by atoms with van der Waals surface area (Å²) in [6, 6.07) is 6.63. The molecule has 0 aliphatic carbocycles. The van der Waals surface area contributed by atoms with Gasteiger partial charge in [-0.25, -0.2) is 4.39 Å². The van der Waals surface area contributed by atoms with Gasteiger partial charge in [-0.15, -0.1) is 11.8 Å². The molecule has 0 unspecified atom stereocenters. The van der Waals surface area contributed by atoms with Gasteiger partial charge in [0.25, 0.3) is 0 Å². The minimum atomic E-state index is -0.226. The number of hydrogen-bond acceptors (Lipinski definition) is 5. The van der Waals surface area contributed by atoms with Crippen LogP contribution in [0.3, 0.4) is 0 Å². The van der Waals surface area contributed by atoms with Crippen LogP contribution >= 0.6 is 11.8 Å². The molecular formula is C11H12FN3OS. The van der Waals surface area contributed by atoms with Crippen molar-refractivity contribution in [2.24, 2.45) is 0 Å². The topological polar surface area (TPSA) is 51.0 Å². The molecule has 0 aliphatic heterocycles. The first-order chi connectivity index (χ1) is 8.29. The Kier molecular flexibility index (Phi) is 4.11. The van der Waals surface area contributed by atoms with Gasteiger partial charge in [0, 0.05) is 4.90 Å². The predicted octanol–water partition coefficient (Wildman–Crippen LogP) is 2.22. The first-order valence-corrected chi connectivity index (χ1v) is 6.11. The molecule has 0 atom stereocenters. The number of benzene rings is 1. The van der Waals surface area contributed by atoms with E-state index in [1.54, 1.807) is 25.2 Å². The van der Waals surface area contributed by atoms with Crippen molar-refractivity contribution in [3.05, 3.63) is 41.8 Å². The number of rotatable bonds is 5. The fraction of sp³-hybridized carbons (Fsp3) is 0.273. The number of nitrogens with one attached hydrogen (secondary N) is 1. The van der Waals surface area contributed by atoms with Gasteiger partial charge in [-0.3, -0.25) is 0 Å². The van der Waals surface area contributed by atoms with Gasteiger partial charge in [0.05, 0.1) is 12.3 Å². The number of halogens is 1. The van der Waals surface area contributed by atoms with Gasteiger partial charge in [0.1, 0.15) is 5.82 Å². The lowest BCUT2D eigenvalue weighted by Gasteiger charge is -1.99. The highest BCUT2D eigenvalue weighted by Gasteiger charge is 2.07. The molecule has 0 spiro atoms. The Morgan fingerprint density at radius 2 is 2.24 bits per heavy atom. The van der Waals surface area contributed by atoms with Crippen molar-refractivity contribution < 1.29 is 8.91 Å². The van der Waals surface area contributed by atoms with Crippen molar-refractivity contribution in [1.82, 2.24) is 15.5 Å². The lowest BCUT2D eigenvalue weighted by Crippen LogP contribution is -2.05. The van der Waals surface area contributed by atoms with Gasteiger partial charge in [-0.1, -0.05) is 17.3 Å². The van der Waals surface area contributed by atoms with E-state index >= 15 is 0 Å². The van der Waals surface area contributed by atoms with Crippen molar-refractivity contribution >= 4 is 11.8 Å². The van der Waals surface area contributed by atoms with Crippen molar-refractivity contribution in [3.63, 3.8) is 0 Å². The van der Waals surface area contributed by atoms with Crippen LogP contribution in [-0.2, 0) is 12.3 Å². The minimum absolute atomic E-state index is 0.226. The van der Waals surface area contributed by atoms with Crippen LogP contribution in [-0.4, -0.2) is 17.2 Å². The number of aromatic nitrogens is 2. The summed E-state index contributed by atoms with van der Waals surface area (Å²) in [4.78, 5) is 4.75. The van der Waals surface area contributed by atoms with E-state index < -0.39 is 0 Å². The van der Waals surface area contributed by atoms with E-state index in [1.807, 2.05) is 0 Å². The Labute approximate surface area is 103 Å². The van der Waals surface area contributed by atoms with Gasteiger partial charge in [0.2, 0.25) is 5.89 Å². The summed E-state index contributed by atoms with van der Waals surface area (Å²) >= 11 is 1.35. The molecule has 0 amide bonds. The summed E-state index contributed by atoms with van der Waals surface area (Å²) < 4.78 is 18.3. The maximum Gasteiger partial charge on any atom is 0.240 e. The second kappa shape index (κ2) is 5.79. The highest BCUT2D eigenvalue weighted by molar-refractivity contribution is 7.98. The van der Waals surface area contributed by atoms with E-state index in [0.29, 0.717) is 28.9 Å². The van der Waals surface area contributed by atoms with Crippen LogP contribution in [0.1, 0.15) is 11.7 Å². The second-order valence-electron chi connectivity index (χ2n) is 3.35. The van der Waals surface area contributed by atoms with E-state index in [1.165, 1.54) is 17.8 Å². The van der Waals surface area contributed by atoms with Gasteiger partial charge >= 0.3 is 0 Å². The molecule has 0 aliphatic rings. The third kappa shape index (κ3) is 3.28. The summed E-state index contributed by atoms with van der Waals surface area (Å²) in [5.41, 5.74) is 0. The summed E-state index contributed by atoms with van der Waals surface area (Å²) in [5.74, 6) is 1.38. The molecular weight excluding hydrogens is 241 g/mol. The average Bonchev–Trinajstić information content (AvgIpc) is 2.76. The Morgan fingerprint density at radius 1 is 1.41 bits per heavy atom. The fourth-order valence-corrected chi connectivity index (χ4v) is 2.06. The highest BCUT2D eigenvalue weighted by Crippen LogP contribution is 2.23. The second-order valence-corrected chi connectivity index (χ2v) is 4.37. The SMILES string of the molecule is CNCc1nc(CSc2ccccc2F)no1. The lowest BCUT2D eigenvalue weighted by molar-refractivity contribution is 0.368. The van der Waals surface area contributed by atoms with E-state index in [2.05, 4.69) is 15.5 Å². The summed E-state index contributed by atoms with van der Waals surface area (Å²) in [6.45, 7) is 0.539. The molecule has 0 fully saturated rings. The number of nitrogens with zero attached hydrogens (tertiary/aromatic N) is 2. The number of hydrogen-bond donors (Lipinski definition) is 1. The Bertz CT molecular complexity index is 489. The molecule has 6 heteroatoms. The van der Waals surface area contributed by atoms with E-state index in [4.69, 9.17) is 4.52 Å². The molecule has 1 N–H and O–H groups in total. The van der Waals surface area contributed by atoms with Gasteiger partial charge in [-0.2, -0.15) is 4.98 Å². The summed E-state index contributed by atoms with van der Waals surface area (Å²) in [5, 5.41) is 6.73. The first kappa shape index (κ1) is 12.1. The van der Waals surface area contributed by atoms with Crippen LogP contribution < -0.4 is 5.32 Å². The zero-order chi connectivity index (χ0) is 12.1.